The highest BCUT2D eigenvalue weighted by atomic mass is 15.3. The van der Waals surface area contributed by atoms with Gasteiger partial charge in [0.05, 0.1) is 0 Å². The van der Waals surface area contributed by atoms with E-state index in [4.69, 9.17) is 0 Å². The molecule has 1 heterocycles. The SMILES string of the molecule is CCCCN(C)C(=NC)NCCCn1cccn1. The number of hydrogen-bond donors (Lipinski definition) is 1. The number of rotatable bonds is 7. The zero-order valence-corrected chi connectivity index (χ0v) is 11.8. The fourth-order valence-corrected chi connectivity index (χ4v) is 1.76. The number of unbranched alkanes of at least 4 members (excludes halogenated alkanes) is 1. The molecule has 0 amide bonds. The summed E-state index contributed by atoms with van der Waals surface area (Å²) in [5, 5.41) is 7.55. The van der Waals surface area contributed by atoms with E-state index >= 15 is 0 Å². The Balaban J connectivity index is 2.19. The highest BCUT2D eigenvalue weighted by Crippen LogP contribution is 1.93. The van der Waals surface area contributed by atoms with E-state index in [2.05, 4.69) is 34.3 Å². The minimum atomic E-state index is 0.920. The lowest BCUT2D eigenvalue weighted by Gasteiger charge is -2.21. The first kappa shape index (κ1) is 14.5. The normalized spacial score (nSPS) is 11.6. The van der Waals surface area contributed by atoms with Crippen molar-refractivity contribution < 1.29 is 0 Å². The third kappa shape index (κ3) is 5.21. The van der Waals surface area contributed by atoms with Crippen molar-refractivity contribution in [3.63, 3.8) is 0 Å². The van der Waals surface area contributed by atoms with Gasteiger partial charge in [-0.2, -0.15) is 5.10 Å². The topological polar surface area (TPSA) is 45.5 Å². The molecule has 1 aromatic rings. The van der Waals surface area contributed by atoms with E-state index in [0.29, 0.717) is 0 Å². The summed E-state index contributed by atoms with van der Waals surface area (Å²) in [6.45, 7) is 5.11. The molecule has 0 aliphatic carbocycles. The van der Waals surface area contributed by atoms with Gasteiger partial charge < -0.3 is 10.2 Å². The lowest BCUT2D eigenvalue weighted by molar-refractivity contribution is 0.460. The van der Waals surface area contributed by atoms with Gasteiger partial charge in [-0.3, -0.25) is 9.67 Å². The van der Waals surface area contributed by atoms with E-state index in [1.54, 1.807) is 0 Å². The van der Waals surface area contributed by atoms with Crippen LogP contribution in [0.15, 0.2) is 23.5 Å². The van der Waals surface area contributed by atoms with Crippen LogP contribution in [0.3, 0.4) is 0 Å². The number of hydrogen-bond acceptors (Lipinski definition) is 2. The molecule has 0 fully saturated rings. The van der Waals surface area contributed by atoms with Gasteiger partial charge in [0, 0.05) is 46.1 Å². The second-order valence-electron chi connectivity index (χ2n) is 4.37. The molecule has 0 spiro atoms. The predicted octanol–water partition coefficient (Wildman–Crippen LogP) is 1.58. The number of guanidine groups is 1. The molecule has 1 rings (SSSR count). The van der Waals surface area contributed by atoms with Gasteiger partial charge in [-0.05, 0) is 18.9 Å². The van der Waals surface area contributed by atoms with Crippen LogP contribution in [0.5, 0.6) is 0 Å². The predicted molar refractivity (Wildman–Crippen MR) is 75.7 cm³/mol. The van der Waals surface area contributed by atoms with Crippen LogP contribution in [0.1, 0.15) is 26.2 Å². The van der Waals surface area contributed by atoms with Crippen LogP contribution >= 0.6 is 0 Å². The van der Waals surface area contributed by atoms with Gasteiger partial charge in [-0.15, -0.1) is 0 Å². The molecule has 102 valence electrons. The van der Waals surface area contributed by atoms with Crippen molar-refractivity contribution in [1.82, 2.24) is 20.0 Å². The Morgan fingerprint density at radius 3 is 2.89 bits per heavy atom. The van der Waals surface area contributed by atoms with Crippen molar-refractivity contribution in [3.05, 3.63) is 18.5 Å². The first-order chi connectivity index (χ1) is 8.77. The molecule has 0 saturated heterocycles. The summed E-state index contributed by atoms with van der Waals surface area (Å²) >= 11 is 0. The number of nitrogens with one attached hydrogen (secondary N) is 1. The molecule has 0 aromatic carbocycles. The second-order valence-corrected chi connectivity index (χ2v) is 4.37. The van der Waals surface area contributed by atoms with Gasteiger partial charge in [0.15, 0.2) is 5.96 Å². The monoisotopic (exact) mass is 251 g/mol. The Morgan fingerprint density at radius 2 is 2.28 bits per heavy atom. The lowest BCUT2D eigenvalue weighted by atomic mass is 10.3. The third-order valence-electron chi connectivity index (χ3n) is 2.83. The summed E-state index contributed by atoms with van der Waals surface area (Å²) in [6.07, 6.45) is 7.25. The van der Waals surface area contributed by atoms with Crippen molar-refractivity contribution in [2.24, 2.45) is 4.99 Å². The average Bonchev–Trinajstić information content (AvgIpc) is 2.89. The van der Waals surface area contributed by atoms with Crippen molar-refractivity contribution >= 4 is 5.96 Å². The minimum absolute atomic E-state index is 0.920. The van der Waals surface area contributed by atoms with Crippen LogP contribution in [0.4, 0.5) is 0 Å². The molecule has 0 saturated carbocycles. The second kappa shape index (κ2) is 8.55. The van der Waals surface area contributed by atoms with Crippen molar-refractivity contribution in [2.75, 3.05) is 27.2 Å². The van der Waals surface area contributed by atoms with Crippen molar-refractivity contribution in [3.8, 4) is 0 Å². The van der Waals surface area contributed by atoms with E-state index in [0.717, 1.165) is 32.0 Å². The van der Waals surface area contributed by atoms with E-state index in [9.17, 15) is 0 Å². The number of aromatic nitrogens is 2. The molecule has 0 aliphatic rings. The Kier molecular flexibility index (Phi) is 6.91. The van der Waals surface area contributed by atoms with Gasteiger partial charge >= 0.3 is 0 Å². The summed E-state index contributed by atoms with van der Waals surface area (Å²) in [6, 6.07) is 1.95. The first-order valence-electron chi connectivity index (χ1n) is 6.67. The van der Waals surface area contributed by atoms with Gasteiger partial charge in [0.2, 0.25) is 0 Å². The van der Waals surface area contributed by atoms with Gasteiger partial charge in [0.25, 0.3) is 0 Å². The van der Waals surface area contributed by atoms with Crippen LogP contribution in [-0.2, 0) is 6.54 Å². The standard InChI is InChI=1S/C13H25N5/c1-4-5-10-17(3)13(14-2)15-8-6-11-18-12-7-9-16-18/h7,9,12H,4-6,8,10-11H2,1-3H3,(H,14,15). The maximum absolute atomic E-state index is 4.28. The lowest BCUT2D eigenvalue weighted by Crippen LogP contribution is -2.39. The van der Waals surface area contributed by atoms with Gasteiger partial charge in [0.1, 0.15) is 0 Å². The zero-order chi connectivity index (χ0) is 13.2. The zero-order valence-electron chi connectivity index (χ0n) is 11.8. The Hall–Kier alpha value is -1.52. The highest BCUT2D eigenvalue weighted by Gasteiger charge is 2.03. The molecular formula is C13H25N5. The van der Waals surface area contributed by atoms with Crippen LogP contribution in [-0.4, -0.2) is 47.8 Å². The fourth-order valence-electron chi connectivity index (χ4n) is 1.76. The molecule has 18 heavy (non-hydrogen) atoms. The van der Waals surface area contributed by atoms with Gasteiger partial charge in [-0.25, -0.2) is 0 Å². The summed E-state index contributed by atoms with van der Waals surface area (Å²) in [7, 11) is 3.91. The van der Waals surface area contributed by atoms with E-state index < -0.39 is 0 Å². The smallest absolute Gasteiger partial charge is 0.193 e. The maximum atomic E-state index is 4.28. The first-order valence-corrected chi connectivity index (χ1v) is 6.67. The molecule has 1 N–H and O–H groups in total. The largest absolute Gasteiger partial charge is 0.356 e. The molecule has 5 heteroatoms. The number of nitrogens with zero attached hydrogens (tertiary/aromatic N) is 4. The minimum Gasteiger partial charge on any atom is -0.356 e. The molecule has 0 atom stereocenters. The van der Waals surface area contributed by atoms with Crippen molar-refractivity contribution in [1.29, 1.82) is 0 Å². The molecular weight excluding hydrogens is 226 g/mol. The molecule has 0 radical (unpaired) electrons. The average molecular weight is 251 g/mol. The highest BCUT2D eigenvalue weighted by molar-refractivity contribution is 5.79. The summed E-state index contributed by atoms with van der Waals surface area (Å²) in [4.78, 5) is 6.46. The number of aliphatic imine (C=N–C) groups is 1. The summed E-state index contributed by atoms with van der Waals surface area (Å²) in [5.74, 6) is 0.976. The van der Waals surface area contributed by atoms with E-state index in [-0.39, 0.29) is 0 Å². The van der Waals surface area contributed by atoms with Crippen LogP contribution in [0.2, 0.25) is 0 Å². The van der Waals surface area contributed by atoms with E-state index in [1.807, 2.05) is 30.2 Å². The van der Waals surface area contributed by atoms with Crippen LogP contribution < -0.4 is 5.32 Å². The number of aryl methyl sites for hydroxylation is 1. The summed E-state index contributed by atoms with van der Waals surface area (Å²) < 4.78 is 1.95. The Bertz CT molecular complexity index is 331. The molecule has 0 unspecified atom stereocenters. The van der Waals surface area contributed by atoms with Crippen LogP contribution in [0, 0.1) is 0 Å². The fraction of sp³-hybridized carbons (Fsp3) is 0.692. The third-order valence-corrected chi connectivity index (χ3v) is 2.83. The van der Waals surface area contributed by atoms with Crippen LogP contribution in [0.25, 0.3) is 0 Å². The molecule has 0 bridgehead atoms. The Morgan fingerprint density at radius 1 is 1.44 bits per heavy atom. The van der Waals surface area contributed by atoms with Crippen molar-refractivity contribution in [2.45, 2.75) is 32.7 Å². The molecule has 5 nitrogen and oxygen atoms in total. The summed E-state index contributed by atoms with van der Waals surface area (Å²) in [5.41, 5.74) is 0. The van der Waals surface area contributed by atoms with Gasteiger partial charge in [-0.1, -0.05) is 13.3 Å². The quantitative estimate of drug-likeness (QED) is 0.454. The van der Waals surface area contributed by atoms with E-state index in [1.165, 1.54) is 12.8 Å². The molecule has 0 aliphatic heterocycles. The Labute approximate surface area is 110 Å². The maximum Gasteiger partial charge on any atom is 0.193 e. The molecule has 1 aromatic heterocycles.